The molecule has 0 fully saturated rings. The number of aliphatic hydroxyl groups is 1. The highest BCUT2D eigenvalue weighted by Gasteiger charge is 2.26. The van der Waals surface area contributed by atoms with Crippen LogP contribution < -0.4 is 5.32 Å². The van der Waals surface area contributed by atoms with Gasteiger partial charge in [0.1, 0.15) is 5.60 Å². The monoisotopic (exact) mass is 316 g/mol. The number of nitrogens with zero attached hydrogens (tertiary/aromatic N) is 3. The first-order chi connectivity index (χ1) is 11.0. The SMILES string of the molecule is Cn1cc(C(C)(O)CNC(=O)c2cc(-c3ccco3)on2)cn1. The van der Waals surface area contributed by atoms with Gasteiger partial charge in [0.05, 0.1) is 19.0 Å². The summed E-state index contributed by atoms with van der Waals surface area (Å²) >= 11 is 0. The fourth-order valence-electron chi connectivity index (χ4n) is 2.06. The number of furan rings is 1. The average molecular weight is 316 g/mol. The molecule has 1 amide bonds. The molecule has 3 aromatic heterocycles. The quantitative estimate of drug-likeness (QED) is 0.735. The largest absolute Gasteiger partial charge is 0.461 e. The van der Waals surface area contributed by atoms with E-state index in [4.69, 9.17) is 8.94 Å². The molecule has 0 saturated heterocycles. The van der Waals surface area contributed by atoms with Gasteiger partial charge >= 0.3 is 0 Å². The lowest BCUT2D eigenvalue weighted by molar-refractivity contribution is 0.0523. The van der Waals surface area contributed by atoms with Crippen molar-refractivity contribution in [3.63, 3.8) is 0 Å². The first kappa shape index (κ1) is 15.0. The zero-order valence-electron chi connectivity index (χ0n) is 12.7. The minimum Gasteiger partial charge on any atom is -0.461 e. The van der Waals surface area contributed by atoms with Crippen LogP contribution >= 0.6 is 0 Å². The molecule has 23 heavy (non-hydrogen) atoms. The van der Waals surface area contributed by atoms with Crippen molar-refractivity contribution in [3.8, 4) is 11.5 Å². The summed E-state index contributed by atoms with van der Waals surface area (Å²) in [5.74, 6) is 0.397. The van der Waals surface area contributed by atoms with Crippen molar-refractivity contribution in [3.05, 3.63) is 48.1 Å². The standard InChI is InChI=1S/C15H16N4O4/c1-15(21,10-7-17-19(2)8-10)9-16-14(20)11-6-13(23-18-11)12-4-3-5-22-12/h3-8,21H,9H2,1-2H3,(H,16,20). The molecular formula is C15H16N4O4. The second kappa shape index (κ2) is 5.73. The maximum Gasteiger partial charge on any atom is 0.273 e. The summed E-state index contributed by atoms with van der Waals surface area (Å²) in [7, 11) is 1.75. The van der Waals surface area contributed by atoms with E-state index in [1.807, 2.05) is 0 Å². The van der Waals surface area contributed by atoms with E-state index >= 15 is 0 Å². The van der Waals surface area contributed by atoms with Gasteiger partial charge in [-0.3, -0.25) is 9.48 Å². The van der Waals surface area contributed by atoms with E-state index in [-0.39, 0.29) is 12.2 Å². The number of hydrogen-bond donors (Lipinski definition) is 2. The van der Waals surface area contributed by atoms with E-state index < -0.39 is 11.5 Å². The summed E-state index contributed by atoms with van der Waals surface area (Å²) in [5, 5.41) is 20.8. The van der Waals surface area contributed by atoms with Gasteiger partial charge in [-0.25, -0.2) is 0 Å². The normalized spacial score (nSPS) is 13.7. The van der Waals surface area contributed by atoms with Crippen LogP contribution in [0.15, 0.2) is 45.8 Å². The van der Waals surface area contributed by atoms with E-state index in [2.05, 4.69) is 15.6 Å². The molecule has 2 N–H and O–H groups in total. The Morgan fingerprint density at radius 1 is 1.48 bits per heavy atom. The Morgan fingerprint density at radius 2 is 2.30 bits per heavy atom. The Bertz CT molecular complexity index is 801. The van der Waals surface area contributed by atoms with E-state index in [1.54, 1.807) is 43.2 Å². The Kier molecular flexibility index (Phi) is 3.75. The molecular weight excluding hydrogens is 300 g/mol. The molecule has 0 radical (unpaired) electrons. The maximum absolute atomic E-state index is 12.1. The van der Waals surface area contributed by atoms with Crippen LogP contribution in [0.3, 0.4) is 0 Å². The molecule has 0 aliphatic heterocycles. The number of amides is 1. The van der Waals surface area contributed by atoms with Gasteiger partial charge in [-0.2, -0.15) is 5.10 Å². The number of carbonyl (C=O) groups is 1. The number of nitrogens with one attached hydrogen (secondary N) is 1. The summed E-state index contributed by atoms with van der Waals surface area (Å²) < 4.78 is 11.8. The van der Waals surface area contributed by atoms with Crippen molar-refractivity contribution in [1.29, 1.82) is 0 Å². The third-order valence-electron chi connectivity index (χ3n) is 3.43. The molecule has 0 aliphatic carbocycles. The summed E-state index contributed by atoms with van der Waals surface area (Å²) in [6.45, 7) is 1.61. The second-order valence-electron chi connectivity index (χ2n) is 5.41. The van der Waals surface area contributed by atoms with E-state index in [0.29, 0.717) is 17.1 Å². The maximum atomic E-state index is 12.1. The van der Waals surface area contributed by atoms with Gasteiger partial charge in [0.25, 0.3) is 5.91 Å². The zero-order chi connectivity index (χ0) is 16.4. The van der Waals surface area contributed by atoms with Gasteiger partial charge in [-0.05, 0) is 19.1 Å². The van der Waals surface area contributed by atoms with Gasteiger partial charge in [-0.1, -0.05) is 5.16 Å². The van der Waals surface area contributed by atoms with Crippen LogP contribution in [-0.4, -0.2) is 32.5 Å². The van der Waals surface area contributed by atoms with Gasteiger partial charge in [0.2, 0.25) is 5.76 Å². The molecule has 8 nitrogen and oxygen atoms in total. The van der Waals surface area contributed by atoms with Crippen LogP contribution in [0.4, 0.5) is 0 Å². The molecule has 0 aromatic carbocycles. The highest BCUT2D eigenvalue weighted by Crippen LogP contribution is 2.21. The van der Waals surface area contributed by atoms with E-state index in [1.165, 1.54) is 12.3 Å². The first-order valence-corrected chi connectivity index (χ1v) is 6.96. The van der Waals surface area contributed by atoms with Crippen molar-refractivity contribution < 1.29 is 18.8 Å². The molecule has 0 spiro atoms. The molecule has 1 unspecified atom stereocenters. The molecule has 0 saturated carbocycles. The number of aryl methyl sites for hydroxylation is 1. The summed E-state index contributed by atoms with van der Waals surface area (Å²) in [6.07, 6.45) is 4.75. The Hall–Kier alpha value is -2.87. The Labute approximate surface area is 131 Å². The Balaban J connectivity index is 1.65. The smallest absolute Gasteiger partial charge is 0.273 e. The lowest BCUT2D eigenvalue weighted by atomic mass is 10.00. The lowest BCUT2D eigenvalue weighted by Gasteiger charge is -2.21. The predicted octanol–water partition coefficient (Wildman–Crippen LogP) is 1.31. The third kappa shape index (κ3) is 3.16. The third-order valence-corrected chi connectivity index (χ3v) is 3.43. The predicted molar refractivity (Wildman–Crippen MR) is 79.3 cm³/mol. The van der Waals surface area contributed by atoms with Gasteiger partial charge in [0, 0.05) is 24.9 Å². The lowest BCUT2D eigenvalue weighted by Crippen LogP contribution is -2.38. The molecule has 3 aromatic rings. The molecule has 0 aliphatic rings. The number of aromatic nitrogens is 3. The molecule has 8 heteroatoms. The van der Waals surface area contributed by atoms with Crippen LogP contribution in [-0.2, 0) is 12.6 Å². The summed E-state index contributed by atoms with van der Waals surface area (Å²) in [4.78, 5) is 12.1. The summed E-state index contributed by atoms with van der Waals surface area (Å²) in [6, 6.07) is 4.89. The highest BCUT2D eigenvalue weighted by molar-refractivity contribution is 5.92. The number of carbonyl (C=O) groups excluding carboxylic acids is 1. The van der Waals surface area contributed by atoms with Crippen molar-refractivity contribution in [2.24, 2.45) is 7.05 Å². The van der Waals surface area contributed by atoms with Crippen LogP contribution in [0.25, 0.3) is 11.5 Å². The van der Waals surface area contributed by atoms with Crippen molar-refractivity contribution >= 4 is 5.91 Å². The van der Waals surface area contributed by atoms with Crippen LogP contribution in [0.2, 0.25) is 0 Å². The first-order valence-electron chi connectivity index (χ1n) is 6.96. The fraction of sp³-hybridized carbons (Fsp3) is 0.267. The van der Waals surface area contributed by atoms with E-state index in [9.17, 15) is 9.90 Å². The van der Waals surface area contributed by atoms with Crippen LogP contribution in [0.1, 0.15) is 23.0 Å². The number of hydrogen-bond acceptors (Lipinski definition) is 6. The molecule has 120 valence electrons. The van der Waals surface area contributed by atoms with Crippen molar-refractivity contribution in [2.45, 2.75) is 12.5 Å². The summed E-state index contributed by atoms with van der Waals surface area (Å²) in [5.41, 5.74) is -0.521. The average Bonchev–Trinajstić information content (AvgIpc) is 3.24. The number of rotatable bonds is 5. The van der Waals surface area contributed by atoms with Crippen LogP contribution in [0.5, 0.6) is 0 Å². The van der Waals surface area contributed by atoms with Gasteiger partial charge in [-0.15, -0.1) is 0 Å². The van der Waals surface area contributed by atoms with E-state index in [0.717, 1.165) is 0 Å². The molecule has 3 rings (SSSR count). The van der Waals surface area contributed by atoms with Crippen LogP contribution in [0, 0.1) is 0 Å². The van der Waals surface area contributed by atoms with Crippen molar-refractivity contribution in [1.82, 2.24) is 20.3 Å². The van der Waals surface area contributed by atoms with Gasteiger partial charge < -0.3 is 19.4 Å². The minimum atomic E-state index is -1.24. The van der Waals surface area contributed by atoms with Gasteiger partial charge in [0.15, 0.2) is 11.5 Å². The zero-order valence-corrected chi connectivity index (χ0v) is 12.7. The topological polar surface area (TPSA) is 106 Å². The Morgan fingerprint density at radius 3 is 2.96 bits per heavy atom. The second-order valence-corrected chi connectivity index (χ2v) is 5.41. The van der Waals surface area contributed by atoms with Crippen molar-refractivity contribution in [2.75, 3.05) is 6.54 Å². The molecule has 3 heterocycles. The fourth-order valence-corrected chi connectivity index (χ4v) is 2.06. The minimum absolute atomic E-state index is 0.0144. The molecule has 1 atom stereocenters. The molecule has 0 bridgehead atoms. The highest BCUT2D eigenvalue weighted by atomic mass is 16.5.